The lowest BCUT2D eigenvalue weighted by molar-refractivity contribution is -0.137. The number of likely N-dealkylation sites (N-methyl/N-ethyl adjacent to an activating group) is 1. The minimum atomic E-state index is -5.08. The van der Waals surface area contributed by atoms with Crippen molar-refractivity contribution in [3.05, 3.63) is 59.5 Å². The number of nitrogens with two attached hydrogens (primary N) is 1. The Balaban J connectivity index is 1.61. The molecule has 2 aliphatic rings. The maximum absolute atomic E-state index is 17.0. The zero-order valence-corrected chi connectivity index (χ0v) is 27.2. The van der Waals surface area contributed by atoms with E-state index in [2.05, 4.69) is 26.3 Å². The molecular formula is C33H32F5N7O2S. The number of halogens is 5. The molecule has 0 bridgehead atoms. The highest BCUT2D eigenvalue weighted by atomic mass is 32.1. The molecule has 2 saturated heterocycles. The number of amides is 1. The Bertz CT molecular complexity index is 1990. The van der Waals surface area contributed by atoms with Crippen LogP contribution in [0.15, 0.2) is 30.9 Å². The summed E-state index contributed by atoms with van der Waals surface area (Å²) in [7, 11) is 1.95. The lowest BCUT2D eigenvalue weighted by Crippen LogP contribution is -2.58. The number of benzene rings is 2. The van der Waals surface area contributed by atoms with Gasteiger partial charge in [-0.3, -0.25) is 4.79 Å². The van der Waals surface area contributed by atoms with Gasteiger partial charge < -0.3 is 25.2 Å². The van der Waals surface area contributed by atoms with Gasteiger partial charge in [0, 0.05) is 47.6 Å². The van der Waals surface area contributed by atoms with Gasteiger partial charge in [0.25, 0.3) is 0 Å². The average Bonchev–Trinajstić information content (AvgIpc) is 3.62. The fraction of sp³-hybridized carbons (Fsp3) is 0.394. The smallest absolute Gasteiger partial charge is 0.417 e. The van der Waals surface area contributed by atoms with Gasteiger partial charge >= 0.3 is 12.2 Å². The van der Waals surface area contributed by atoms with Gasteiger partial charge in [0.15, 0.2) is 5.82 Å². The third kappa shape index (κ3) is 5.66. The van der Waals surface area contributed by atoms with Gasteiger partial charge in [-0.05, 0) is 64.1 Å². The number of nitrogen functional groups attached to an aromatic ring is 1. The lowest BCUT2D eigenvalue weighted by Gasteiger charge is -2.44. The highest BCUT2D eigenvalue weighted by Crippen LogP contribution is 2.50. The van der Waals surface area contributed by atoms with Crippen molar-refractivity contribution in [3.63, 3.8) is 0 Å². The molecule has 6 rings (SSSR count). The first kappa shape index (κ1) is 33.4. The molecule has 252 valence electrons. The number of nitrogens with zero attached hydrogens (tertiary/aromatic N) is 6. The number of thiophene rings is 1. The van der Waals surface area contributed by atoms with Gasteiger partial charge in [-0.2, -0.15) is 23.1 Å². The van der Waals surface area contributed by atoms with Crippen molar-refractivity contribution < 1.29 is 31.5 Å². The van der Waals surface area contributed by atoms with Crippen LogP contribution >= 0.6 is 11.3 Å². The molecule has 9 nitrogen and oxygen atoms in total. The summed E-state index contributed by atoms with van der Waals surface area (Å²) >= 11 is 0.703. The third-order valence-corrected chi connectivity index (χ3v) is 10.2. The maximum atomic E-state index is 17.0. The first-order valence-corrected chi connectivity index (χ1v) is 16.1. The molecule has 0 unspecified atom stereocenters. The van der Waals surface area contributed by atoms with Crippen molar-refractivity contribution in [2.45, 2.75) is 51.0 Å². The van der Waals surface area contributed by atoms with Crippen LogP contribution < -0.4 is 15.4 Å². The Morgan fingerprint density at radius 2 is 1.98 bits per heavy atom. The van der Waals surface area contributed by atoms with Crippen molar-refractivity contribution in [2.24, 2.45) is 0 Å². The molecule has 4 heterocycles. The van der Waals surface area contributed by atoms with Gasteiger partial charge in [-0.1, -0.05) is 12.6 Å². The molecule has 0 aliphatic carbocycles. The first-order chi connectivity index (χ1) is 22.7. The van der Waals surface area contributed by atoms with E-state index < -0.39 is 40.5 Å². The fourth-order valence-electron chi connectivity index (χ4n) is 6.66. The summed E-state index contributed by atoms with van der Waals surface area (Å²) in [6, 6.07) is 1.72. The molecule has 2 aliphatic heterocycles. The second-order valence-corrected chi connectivity index (χ2v) is 13.2. The summed E-state index contributed by atoms with van der Waals surface area (Å²) in [6.07, 6.45) is -2.07. The van der Waals surface area contributed by atoms with Crippen molar-refractivity contribution in [3.8, 4) is 17.1 Å². The topological polar surface area (TPSA) is 92.2 Å². The van der Waals surface area contributed by atoms with Crippen LogP contribution in [0.1, 0.15) is 32.3 Å². The molecular weight excluding hydrogens is 653 g/mol. The van der Waals surface area contributed by atoms with Crippen molar-refractivity contribution in [2.75, 3.05) is 43.9 Å². The van der Waals surface area contributed by atoms with Crippen LogP contribution in [0.2, 0.25) is 0 Å². The molecule has 2 aromatic carbocycles. The van der Waals surface area contributed by atoms with E-state index in [9.17, 15) is 22.4 Å². The SMILES string of the molecule is [C-]#[N+]c1c(N)sc2c(F)ccc(-c3c(C(F)(F)F)cc4c(N5C[C@@H](C)N(C(=O)C=C)C[C@@H]5C)nc(OC[C@@H]5CCCN5C)nc4c3F)c12. The Labute approximate surface area is 277 Å². The predicted octanol–water partition coefficient (Wildman–Crippen LogP) is 7.03. The number of ether oxygens (including phenoxy) is 1. The number of alkyl halides is 3. The fourth-order valence-corrected chi connectivity index (χ4v) is 7.60. The Morgan fingerprint density at radius 3 is 2.62 bits per heavy atom. The van der Waals surface area contributed by atoms with Gasteiger partial charge in [-0.25, -0.2) is 13.6 Å². The van der Waals surface area contributed by atoms with Crippen LogP contribution in [0, 0.1) is 18.2 Å². The number of anilines is 2. The first-order valence-electron chi connectivity index (χ1n) is 15.3. The van der Waals surface area contributed by atoms with Crippen molar-refractivity contribution >= 4 is 54.7 Å². The Kier molecular flexibility index (Phi) is 8.67. The van der Waals surface area contributed by atoms with Crippen LogP contribution in [-0.4, -0.2) is 77.1 Å². The van der Waals surface area contributed by atoms with E-state index in [1.807, 2.05) is 7.05 Å². The number of hydrogen-bond acceptors (Lipinski definition) is 8. The zero-order chi connectivity index (χ0) is 34.7. The highest BCUT2D eigenvalue weighted by molar-refractivity contribution is 7.23. The lowest BCUT2D eigenvalue weighted by atomic mass is 9.93. The van der Waals surface area contributed by atoms with Crippen molar-refractivity contribution in [1.82, 2.24) is 19.8 Å². The molecule has 4 aromatic rings. The Morgan fingerprint density at radius 1 is 1.23 bits per heavy atom. The summed E-state index contributed by atoms with van der Waals surface area (Å²) in [5.41, 5.74) is 2.67. The largest absolute Gasteiger partial charge is 0.462 e. The number of rotatable bonds is 6. The van der Waals surface area contributed by atoms with E-state index in [0.717, 1.165) is 37.6 Å². The number of aromatic nitrogens is 2. The van der Waals surface area contributed by atoms with Gasteiger partial charge in [0.1, 0.15) is 23.8 Å². The molecule has 0 spiro atoms. The number of likely N-dealkylation sites (tertiary alicyclic amines) is 1. The van der Waals surface area contributed by atoms with Crippen LogP contribution in [0.3, 0.4) is 0 Å². The summed E-state index contributed by atoms with van der Waals surface area (Å²) in [6.45, 7) is 16.2. The maximum Gasteiger partial charge on any atom is 0.417 e. The number of hydrogen-bond donors (Lipinski definition) is 1. The summed E-state index contributed by atoms with van der Waals surface area (Å²) in [5, 5.41) is -0.530. The van der Waals surface area contributed by atoms with Crippen LogP contribution in [0.5, 0.6) is 6.01 Å². The normalized spacial score (nSPS) is 20.4. The van der Waals surface area contributed by atoms with E-state index in [1.54, 1.807) is 23.6 Å². The van der Waals surface area contributed by atoms with E-state index >= 15 is 4.39 Å². The second kappa shape index (κ2) is 12.5. The summed E-state index contributed by atoms with van der Waals surface area (Å²) in [4.78, 5) is 30.2. The number of carbonyl (C=O) groups excluding carboxylic acids is 1. The second-order valence-electron chi connectivity index (χ2n) is 12.2. The predicted molar refractivity (Wildman–Crippen MR) is 175 cm³/mol. The molecule has 2 aromatic heterocycles. The molecule has 1 amide bonds. The number of carbonyl (C=O) groups is 1. The van der Waals surface area contributed by atoms with E-state index in [1.165, 1.54) is 6.08 Å². The average molecular weight is 686 g/mol. The molecule has 3 atom stereocenters. The molecule has 48 heavy (non-hydrogen) atoms. The van der Waals surface area contributed by atoms with Crippen molar-refractivity contribution in [1.29, 1.82) is 0 Å². The van der Waals surface area contributed by atoms with E-state index in [0.29, 0.717) is 11.3 Å². The van der Waals surface area contributed by atoms with E-state index in [-0.39, 0.29) is 81.2 Å². The highest BCUT2D eigenvalue weighted by Gasteiger charge is 2.40. The van der Waals surface area contributed by atoms with Gasteiger partial charge in [-0.15, -0.1) is 11.3 Å². The monoisotopic (exact) mass is 685 g/mol. The molecule has 2 N–H and O–H groups in total. The number of piperazine rings is 1. The summed E-state index contributed by atoms with van der Waals surface area (Å²) < 4.78 is 82.6. The van der Waals surface area contributed by atoms with Crippen LogP contribution in [0.4, 0.5) is 38.5 Å². The Hall–Kier alpha value is -4.55. The van der Waals surface area contributed by atoms with Gasteiger partial charge in [0.05, 0.1) is 21.8 Å². The minimum absolute atomic E-state index is 0.0154. The molecule has 0 saturated carbocycles. The summed E-state index contributed by atoms with van der Waals surface area (Å²) in [5.74, 6) is -2.41. The molecule has 15 heteroatoms. The molecule has 2 fully saturated rings. The van der Waals surface area contributed by atoms with Crippen LogP contribution in [0.25, 0.3) is 37.0 Å². The minimum Gasteiger partial charge on any atom is -0.462 e. The standard InChI is InChI=1S/C33H32F5N7O2S/c1-6-23(46)44-13-17(3)45(14-16(44)2)31-20-12-21(33(36,37)38)24(19-9-10-22(34)29-25(19)28(40-4)30(39)48-29)26(35)27(20)41-32(42-31)47-15-18-8-7-11-43(18)5/h6,9-10,12,16-18H,1,7-8,11,13-15,39H2,2-3,5H3/t16-,17+,18+/m1/s1. The molecule has 0 radical (unpaired) electrons. The number of fused-ring (bicyclic) bond motifs is 2. The van der Waals surface area contributed by atoms with E-state index in [4.69, 9.17) is 17.0 Å². The zero-order valence-electron chi connectivity index (χ0n) is 26.4. The third-order valence-electron chi connectivity index (χ3n) is 9.16. The quantitative estimate of drug-likeness (QED) is 0.133. The van der Waals surface area contributed by atoms with Gasteiger partial charge in [0.2, 0.25) is 11.6 Å². The van der Waals surface area contributed by atoms with Crippen LogP contribution in [-0.2, 0) is 11.0 Å².